The average Bonchev–Trinajstić information content (AvgIpc) is 2.30. The SMILES string of the molecule is O=C1O[C@](O)([C@@H](O)CO)C(O)=C1O. The predicted molar refractivity (Wildman–Crippen MR) is 36.4 cm³/mol. The lowest BCUT2D eigenvalue weighted by Gasteiger charge is -2.24. The zero-order chi connectivity index (χ0) is 10.2. The molecule has 0 radical (unpaired) electrons. The maximum atomic E-state index is 10.6. The van der Waals surface area contributed by atoms with Gasteiger partial charge in [0.05, 0.1) is 6.61 Å². The molecule has 0 aliphatic carbocycles. The monoisotopic (exact) mass is 192 g/mol. The van der Waals surface area contributed by atoms with Gasteiger partial charge in [-0.3, -0.25) is 0 Å². The van der Waals surface area contributed by atoms with Gasteiger partial charge in [0.15, 0.2) is 6.10 Å². The highest BCUT2D eigenvalue weighted by atomic mass is 16.7. The number of carbonyl (C=O) groups is 1. The number of cyclic esters (lactones) is 1. The zero-order valence-electron chi connectivity index (χ0n) is 6.34. The Morgan fingerprint density at radius 3 is 2.31 bits per heavy atom. The summed E-state index contributed by atoms with van der Waals surface area (Å²) in [4.78, 5) is 10.6. The van der Waals surface area contributed by atoms with E-state index in [4.69, 9.17) is 20.4 Å². The first kappa shape index (κ1) is 9.78. The smallest absolute Gasteiger partial charge is 0.380 e. The van der Waals surface area contributed by atoms with E-state index in [2.05, 4.69) is 4.74 Å². The Kier molecular flexibility index (Phi) is 2.16. The molecule has 2 atom stereocenters. The number of ether oxygens (including phenoxy) is 1. The van der Waals surface area contributed by atoms with Gasteiger partial charge in [0.25, 0.3) is 0 Å². The van der Waals surface area contributed by atoms with Crippen LogP contribution in [0.2, 0.25) is 0 Å². The summed E-state index contributed by atoms with van der Waals surface area (Å²) in [5.41, 5.74) is 0. The van der Waals surface area contributed by atoms with E-state index in [-0.39, 0.29) is 0 Å². The van der Waals surface area contributed by atoms with Crippen LogP contribution in [0.4, 0.5) is 0 Å². The Bertz CT molecular complexity index is 270. The molecule has 1 aliphatic heterocycles. The summed E-state index contributed by atoms with van der Waals surface area (Å²) < 4.78 is 4.06. The fourth-order valence-corrected chi connectivity index (χ4v) is 0.854. The van der Waals surface area contributed by atoms with Crippen LogP contribution in [0.25, 0.3) is 0 Å². The first-order valence-corrected chi connectivity index (χ1v) is 3.30. The molecular weight excluding hydrogens is 184 g/mol. The van der Waals surface area contributed by atoms with Crippen molar-refractivity contribution in [1.82, 2.24) is 0 Å². The van der Waals surface area contributed by atoms with Crippen molar-refractivity contribution in [1.29, 1.82) is 0 Å². The van der Waals surface area contributed by atoms with Gasteiger partial charge in [0, 0.05) is 0 Å². The Morgan fingerprint density at radius 1 is 1.46 bits per heavy atom. The van der Waals surface area contributed by atoms with E-state index in [1.165, 1.54) is 0 Å². The molecule has 13 heavy (non-hydrogen) atoms. The van der Waals surface area contributed by atoms with Crippen LogP contribution in [-0.4, -0.2) is 50.0 Å². The third-order valence-corrected chi connectivity index (χ3v) is 1.63. The number of esters is 1. The molecule has 0 unspecified atom stereocenters. The van der Waals surface area contributed by atoms with Gasteiger partial charge in [-0.2, -0.15) is 0 Å². The molecule has 0 saturated carbocycles. The second-order valence-corrected chi connectivity index (χ2v) is 2.48. The Labute approximate surface area is 72.1 Å². The Morgan fingerprint density at radius 2 is 2.00 bits per heavy atom. The molecule has 1 rings (SSSR count). The molecule has 1 aliphatic rings. The van der Waals surface area contributed by atoms with E-state index in [0.29, 0.717) is 0 Å². The summed E-state index contributed by atoms with van der Waals surface area (Å²) in [6.45, 7) is -0.943. The molecule has 0 aromatic heterocycles. The molecule has 7 heteroatoms. The number of hydrogen-bond donors (Lipinski definition) is 5. The maximum Gasteiger partial charge on any atom is 0.380 e. The molecule has 74 valence electrons. The number of carbonyl (C=O) groups excluding carboxylic acids is 1. The standard InChI is InChI=1S/C6H8O7/c7-1-2(8)6(12)4(10)3(9)5(11)13-6/h2,7-10,12H,1H2/t2-,6+/m0/s1. The van der Waals surface area contributed by atoms with Crippen molar-refractivity contribution in [3.05, 3.63) is 11.5 Å². The van der Waals surface area contributed by atoms with Crippen LogP contribution < -0.4 is 0 Å². The molecule has 7 nitrogen and oxygen atoms in total. The minimum Gasteiger partial charge on any atom is -0.503 e. The highest BCUT2D eigenvalue weighted by Gasteiger charge is 2.53. The van der Waals surface area contributed by atoms with E-state index < -0.39 is 36.0 Å². The molecule has 0 bridgehead atoms. The van der Waals surface area contributed by atoms with Crippen molar-refractivity contribution < 1.29 is 35.1 Å². The predicted octanol–water partition coefficient (Wildman–Crippen LogP) is -2.09. The number of aliphatic hydroxyl groups is 5. The normalized spacial score (nSPS) is 30.5. The lowest BCUT2D eigenvalue weighted by molar-refractivity contribution is -0.232. The van der Waals surface area contributed by atoms with E-state index in [9.17, 15) is 9.90 Å². The highest BCUT2D eigenvalue weighted by Crippen LogP contribution is 2.30. The van der Waals surface area contributed by atoms with Gasteiger partial charge in [-0.15, -0.1) is 0 Å². The summed E-state index contributed by atoms with van der Waals surface area (Å²) in [5, 5.41) is 44.3. The van der Waals surface area contributed by atoms with Gasteiger partial charge < -0.3 is 30.3 Å². The second-order valence-electron chi connectivity index (χ2n) is 2.48. The van der Waals surface area contributed by atoms with E-state index in [0.717, 1.165) is 0 Å². The molecule has 0 aromatic rings. The van der Waals surface area contributed by atoms with E-state index in [1.54, 1.807) is 0 Å². The third-order valence-electron chi connectivity index (χ3n) is 1.63. The topological polar surface area (TPSA) is 127 Å². The summed E-state index contributed by atoms with van der Waals surface area (Å²) in [6.07, 6.45) is -1.92. The van der Waals surface area contributed by atoms with Gasteiger partial charge in [-0.1, -0.05) is 0 Å². The summed E-state index contributed by atoms with van der Waals surface area (Å²) in [6, 6.07) is 0. The van der Waals surface area contributed by atoms with Crippen molar-refractivity contribution >= 4 is 5.97 Å². The first-order chi connectivity index (χ1) is 5.93. The van der Waals surface area contributed by atoms with Gasteiger partial charge in [-0.05, 0) is 0 Å². The van der Waals surface area contributed by atoms with E-state index in [1.807, 2.05) is 0 Å². The quantitative estimate of drug-likeness (QED) is 0.317. The number of rotatable bonds is 2. The van der Waals surface area contributed by atoms with Crippen molar-refractivity contribution in [3.63, 3.8) is 0 Å². The molecule has 0 amide bonds. The second kappa shape index (κ2) is 2.87. The molecule has 0 fully saturated rings. The molecule has 0 spiro atoms. The minimum atomic E-state index is -2.75. The third kappa shape index (κ3) is 1.22. The van der Waals surface area contributed by atoms with Gasteiger partial charge >= 0.3 is 11.8 Å². The first-order valence-electron chi connectivity index (χ1n) is 3.30. The van der Waals surface area contributed by atoms with Crippen molar-refractivity contribution in [2.45, 2.75) is 11.9 Å². The fourth-order valence-electron chi connectivity index (χ4n) is 0.854. The number of hydrogen-bond acceptors (Lipinski definition) is 7. The molecule has 0 saturated heterocycles. The average molecular weight is 192 g/mol. The van der Waals surface area contributed by atoms with Crippen molar-refractivity contribution in [2.24, 2.45) is 0 Å². The molecule has 0 aromatic carbocycles. The summed E-state index contributed by atoms with van der Waals surface area (Å²) in [5.74, 6) is -6.52. The lowest BCUT2D eigenvalue weighted by atomic mass is 10.1. The van der Waals surface area contributed by atoms with Crippen LogP contribution in [0, 0.1) is 0 Å². The van der Waals surface area contributed by atoms with E-state index >= 15 is 0 Å². The summed E-state index contributed by atoms with van der Waals surface area (Å²) in [7, 11) is 0. The van der Waals surface area contributed by atoms with Crippen molar-refractivity contribution in [3.8, 4) is 0 Å². The Hall–Kier alpha value is -1.31. The van der Waals surface area contributed by atoms with Gasteiger partial charge in [0.1, 0.15) is 0 Å². The maximum absolute atomic E-state index is 10.6. The van der Waals surface area contributed by atoms with Crippen LogP contribution in [0.15, 0.2) is 11.5 Å². The summed E-state index contributed by atoms with van der Waals surface area (Å²) >= 11 is 0. The highest BCUT2D eigenvalue weighted by molar-refractivity contribution is 5.89. The van der Waals surface area contributed by atoms with Crippen LogP contribution >= 0.6 is 0 Å². The largest absolute Gasteiger partial charge is 0.503 e. The van der Waals surface area contributed by atoms with Crippen molar-refractivity contribution in [2.75, 3.05) is 6.61 Å². The Balaban J connectivity index is 3.03. The van der Waals surface area contributed by atoms with Gasteiger partial charge in [0.2, 0.25) is 11.5 Å². The van der Waals surface area contributed by atoms with Crippen LogP contribution in [0.5, 0.6) is 0 Å². The van der Waals surface area contributed by atoms with Crippen LogP contribution in [0.1, 0.15) is 0 Å². The number of aliphatic hydroxyl groups excluding tert-OH is 4. The zero-order valence-corrected chi connectivity index (χ0v) is 6.34. The van der Waals surface area contributed by atoms with Gasteiger partial charge in [-0.25, -0.2) is 4.79 Å². The molecular formula is C6H8O7. The minimum absolute atomic E-state index is 0.943. The molecule has 5 N–H and O–H groups in total. The van der Waals surface area contributed by atoms with Crippen LogP contribution in [0.3, 0.4) is 0 Å². The molecule has 1 heterocycles. The van der Waals surface area contributed by atoms with Crippen LogP contribution in [-0.2, 0) is 9.53 Å². The fraction of sp³-hybridized carbons (Fsp3) is 0.500. The lowest BCUT2D eigenvalue weighted by Crippen LogP contribution is -2.46.